The number of halogens is 2. The summed E-state index contributed by atoms with van der Waals surface area (Å²) in [5.74, 6) is 0.399. The fourth-order valence-electron chi connectivity index (χ4n) is 2.45. The van der Waals surface area contributed by atoms with Crippen LogP contribution < -0.4 is 0 Å². The topological polar surface area (TPSA) is 40.6 Å². The van der Waals surface area contributed by atoms with Gasteiger partial charge in [0.05, 0.1) is 9.92 Å². The zero-order valence-corrected chi connectivity index (χ0v) is 14.7. The van der Waals surface area contributed by atoms with Crippen molar-refractivity contribution in [3.8, 4) is 0 Å². The first kappa shape index (κ1) is 16.2. The zero-order chi connectivity index (χ0) is 14.9. The zero-order valence-electron chi connectivity index (χ0n) is 11.5. The summed E-state index contributed by atoms with van der Waals surface area (Å²) in [6, 6.07) is 4.68. The standard InChI is InChI=1S/C13H18BrClN2O2S/c1-16-6-5-10(8-16)9-17(2)20(18,19)11-3-4-13(15)12(14)7-11/h3-4,7,10H,5-6,8-9H2,1-2H3. The Balaban J connectivity index is 2.14. The predicted octanol–water partition coefficient (Wildman–Crippen LogP) is 2.67. The molecule has 0 saturated carbocycles. The molecule has 0 spiro atoms. The van der Waals surface area contributed by atoms with Crippen LogP contribution >= 0.6 is 27.5 Å². The summed E-state index contributed by atoms with van der Waals surface area (Å²) >= 11 is 9.17. The van der Waals surface area contributed by atoms with Crippen molar-refractivity contribution in [2.24, 2.45) is 5.92 Å². The van der Waals surface area contributed by atoms with Crippen LogP contribution in [0.5, 0.6) is 0 Å². The molecule has 0 N–H and O–H groups in total. The lowest BCUT2D eigenvalue weighted by molar-refractivity contribution is 0.357. The number of benzene rings is 1. The maximum Gasteiger partial charge on any atom is 0.242 e. The Morgan fingerprint density at radius 1 is 1.50 bits per heavy atom. The summed E-state index contributed by atoms with van der Waals surface area (Å²) in [7, 11) is 0.238. The molecule has 0 aliphatic carbocycles. The first-order chi connectivity index (χ1) is 9.30. The Labute approximate surface area is 133 Å². The highest BCUT2D eigenvalue weighted by molar-refractivity contribution is 9.10. The van der Waals surface area contributed by atoms with Crippen LogP contribution in [0, 0.1) is 5.92 Å². The third-order valence-electron chi connectivity index (χ3n) is 3.60. The molecule has 1 aromatic carbocycles. The molecular formula is C13H18BrClN2O2S. The van der Waals surface area contributed by atoms with Crippen LogP contribution in [0.15, 0.2) is 27.6 Å². The summed E-state index contributed by atoms with van der Waals surface area (Å²) in [6.07, 6.45) is 1.04. The van der Waals surface area contributed by atoms with Crippen molar-refractivity contribution in [3.63, 3.8) is 0 Å². The van der Waals surface area contributed by atoms with Gasteiger partial charge in [-0.1, -0.05) is 11.6 Å². The van der Waals surface area contributed by atoms with E-state index in [0.29, 0.717) is 22.0 Å². The SMILES string of the molecule is CN1CCC(CN(C)S(=O)(=O)c2ccc(Cl)c(Br)c2)C1. The van der Waals surface area contributed by atoms with Gasteiger partial charge in [-0.25, -0.2) is 12.7 Å². The number of nitrogens with zero attached hydrogens (tertiary/aromatic N) is 2. The van der Waals surface area contributed by atoms with Gasteiger partial charge >= 0.3 is 0 Å². The number of hydrogen-bond acceptors (Lipinski definition) is 3. The normalized spacial score (nSPS) is 20.8. The molecular weight excluding hydrogens is 364 g/mol. The highest BCUT2D eigenvalue weighted by Crippen LogP contribution is 2.27. The number of sulfonamides is 1. The Hall–Kier alpha value is -0.140. The molecule has 1 aliphatic heterocycles. The first-order valence-electron chi connectivity index (χ1n) is 6.40. The monoisotopic (exact) mass is 380 g/mol. The minimum absolute atomic E-state index is 0.266. The largest absolute Gasteiger partial charge is 0.306 e. The summed E-state index contributed by atoms with van der Waals surface area (Å²) in [4.78, 5) is 2.49. The molecule has 1 aromatic rings. The summed E-state index contributed by atoms with van der Waals surface area (Å²) in [5, 5.41) is 0.504. The molecule has 20 heavy (non-hydrogen) atoms. The minimum Gasteiger partial charge on any atom is -0.306 e. The number of hydrogen-bond donors (Lipinski definition) is 0. The minimum atomic E-state index is -3.46. The quantitative estimate of drug-likeness (QED) is 0.805. The van der Waals surface area contributed by atoms with Gasteiger partial charge in [-0.05, 0) is 60.1 Å². The van der Waals surface area contributed by atoms with Gasteiger partial charge in [0.15, 0.2) is 0 Å². The molecule has 7 heteroatoms. The van der Waals surface area contributed by atoms with E-state index in [1.54, 1.807) is 25.2 Å². The fraction of sp³-hybridized carbons (Fsp3) is 0.538. The van der Waals surface area contributed by atoms with Crippen molar-refractivity contribution >= 4 is 37.6 Å². The van der Waals surface area contributed by atoms with Crippen molar-refractivity contribution in [2.45, 2.75) is 11.3 Å². The molecule has 1 fully saturated rings. The maximum absolute atomic E-state index is 12.5. The predicted molar refractivity (Wildman–Crippen MR) is 84.6 cm³/mol. The number of likely N-dealkylation sites (tertiary alicyclic amines) is 1. The van der Waals surface area contributed by atoms with Gasteiger partial charge in [0.1, 0.15) is 0 Å². The second-order valence-corrected chi connectivity index (χ2v) is 8.58. The molecule has 0 radical (unpaired) electrons. The third kappa shape index (κ3) is 3.54. The van der Waals surface area contributed by atoms with E-state index in [2.05, 4.69) is 27.9 Å². The van der Waals surface area contributed by atoms with Crippen LogP contribution in [0.1, 0.15) is 6.42 Å². The Morgan fingerprint density at radius 3 is 2.75 bits per heavy atom. The number of rotatable bonds is 4. The molecule has 2 rings (SSSR count). The van der Waals surface area contributed by atoms with E-state index < -0.39 is 10.0 Å². The Morgan fingerprint density at radius 2 is 2.20 bits per heavy atom. The second-order valence-electron chi connectivity index (χ2n) is 5.28. The molecule has 1 unspecified atom stereocenters. The van der Waals surface area contributed by atoms with Crippen molar-refractivity contribution < 1.29 is 8.42 Å². The van der Waals surface area contributed by atoms with E-state index in [-0.39, 0.29) is 4.90 Å². The van der Waals surface area contributed by atoms with E-state index in [0.717, 1.165) is 19.5 Å². The van der Waals surface area contributed by atoms with Gasteiger partial charge in [-0.15, -0.1) is 0 Å². The molecule has 1 atom stereocenters. The Bertz CT molecular complexity index is 594. The molecule has 0 bridgehead atoms. The van der Waals surface area contributed by atoms with E-state index in [4.69, 9.17) is 11.6 Å². The fourth-order valence-corrected chi connectivity index (χ4v) is 4.38. The molecule has 4 nitrogen and oxygen atoms in total. The molecule has 112 valence electrons. The first-order valence-corrected chi connectivity index (χ1v) is 9.01. The van der Waals surface area contributed by atoms with Crippen LogP contribution in [-0.4, -0.2) is 51.4 Å². The smallest absolute Gasteiger partial charge is 0.242 e. The van der Waals surface area contributed by atoms with Gasteiger partial charge in [-0.3, -0.25) is 0 Å². The van der Waals surface area contributed by atoms with E-state index in [1.807, 2.05) is 0 Å². The average Bonchev–Trinajstić information content (AvgIpc) is 2.78. The van der Waals surface area contributed by atoms with Crippen LogP contribution in [0.4, 0.5) is 0 Å². The second kappa shape index (κ2) is 6.32. The van der Waals surface area contributed by atoms with Gasteiger partial charge in [-0.2, -0.15) is 0 Å². The van der Waals surface area contributed by atoms with Crippen LogP contribution in [-0.2, 0) is 10.0 Å². The van der Waals surface area contributed by atoms with Crippen LogP contribution in [0.3, 0.4) is 0 Å². The highest BCUT2D eigenvalue weighted by Gasteiger charge is 2.27. The van der Waals surface area contributed by atoms with Gasteiger partial charge in [0.2, 0.25) is 10.0 Å². The van der Waals surface area contributed by atoms with Gasteiger partial charge < -0.3 is 4.90 Å². The average molecular weight is 382 g/mol. The molecule has 1 aliphatic rings. The van der Waals surface area contributed by atoms with Crippen molar-refractivity contribution in [3.05, 3.63) is 27.7 Å². The lowest BCUT2D eigenvalue weighted by Gasteiger charge is -2.21. The van der Waals surface area contributed by atoms with E-state index in [9.17, 15) is 8.42 Å². The van der Waals surface area contributed by atoms with Crippen LogP contribution in [0.2, 0.25) is 5.02 Å². The summed E-state index contributed by atoms with van der Waals surface area (Å²) < 4.78 is 27.1. The van der Waals surface area contributed by atoms with Crippen molar-refractivity contribution in [1.29, 1.82) is 0 Å². The molecule has 0 amide bonds. The lowest BCUT2D eigenvalue weighted by Crippen LogP contribution is -2.32. The summed E-state index contributed by atoms with van der Waals surface area (Å²) in [5.41, 5.74) is 0. The molecule has 1 heterocycles. The van der Waals surface area contributed by atoms with Gasteiger partial charge in [0, 0.05) is 24.6 Å². The summed E-state index contributed by atoms with van der Waals surface area (Å²) in [6.45, 7) is 2.53. The highest BCUT2D eigenvalue weighted by atomic mass is 79.9. The third-order valence-corrected chi connectivity index (χ3v) is 6.64. The van der Waals surface area contributed by atoms with Crippen molar-refractivity contribution in [1.82, 2.24) is 9.21 Å². The lowest BCUT2D eigenvalue weighted by atomic mass is 10.1. The van der Waals surface area contributed by atoms with E-state index >= 15 is 0 Å². The molecule has 0 aromatic heterocycles. The van der Waals surface area contributed by atoms with Crippen LogP contribution in [0.25, 0.3) is 0 Å². The maximum atomic E-state index is 12.5. The Kier molecular flexibility index (Phi) is 5.13. The van der Waals surface area contributed by atoms with Gasteiger partial charge in [0.25, 0.3) is 0 Å². The molecule has 1 saturated heterocycles. The van der Waals surface area contributed by atoms with Crippen molar-refractivity contribution in [2.75, 3.05) is 33.7 Å². The van der Waals surface area contributed by atoms with E-state index in [1.165, 1.54) is 4.31 Å².